The van der Waals surface area contributed by atoms with E-state index in [0.717, 1.165) is 38.8 Å². The zero-order chi connectivity index (χ0) is 14.4. The Kier molecular flexibility index (Phi) is 6.72. The van der Waals surface area contributed by atoms with Crippen LogP contribution in [0.25, 0.3) is 0 Å². The average molecular weight is 285 g/mol. The molecule has 0 saturated carbocycles. The van der Waals surface area contributed by atoms with Gasteiger partial charge in [-0.15, -0.1) is 0 Å². The topological polar surface area (TPSA) is 58.4 Å². The van der Waals surface area contributed by atoms with Gasteiger partial charge in [-0.2, -0.15) is 0 Å². The van der Waals surface area contributed by atoms with Gasteiger partial charge in [0.05, 0.1) is 17.1 Å². The van der Waals surface area contributed by atoms with Gasteiger partial charge in [0.15, 0.2) is 0 Å². The molecule has 0 aliphatic carbocycles. The molecule has 5 heteroatoms. The first-order valence-corrected chi connectivity index (χ1v) is 7.67. The highest BCUT2D eigenvalue weighted by molar-refractivity contribution is 7.80. The van der Waals surface area contributed by atoms with E-state index in [1.54, 1.807) is 0 Å². The summed E-state index contributed by atoms with van der Waals surface area (Å²) in [5.74, 6) is 0.693. The fraction of sp³-hybridized carbons (Fsp3) is 0.857. The molecule has 1 amide bonds. The van der Waals surface area contributed by atoms with E-state index in [9.17, 15) is 4.79 Å². The van der Waals surface area contributed by atoms with Gasteiger partial charge in [-0.25, -0.2) is 0 Å². The fourth-order valence-corrected chi connectivity index (χ4v) is 2.76. The lowest BCUT2D eigenvalue weighted by Crippen LogP contribution is -2.55. The Balaban J connectivity index is 2.51. The van der Waals surface area contributed by atoms with Crippen LogP contribution in [-0.2, 0) is 4.79 Å². The first-order valence-electron chi connectivity index (χ1n) is 7.26. The molecule has 3 N–H and O–H groups in total. The second-order valence-electron chi connectivity index (χ2n) is 5.80. The molecule has 1 fully saturated rings. The number of nitrogens with two attached hydrogens (primary N) is 1. The highest BCUT2D eigenvalue weighted by Gasteiger charge is 2.31. The van der Waals surface area contributed by atoms with Crippen molar-refractivity contribution < 1.29 is 4.79 Å². The van der Waals surface area contributed by atoms with Gasteiger partial charge in [-0.1, -0.05) is 32.5 Å². The fourth-order valence-electron chi connectivity index (χ4n) is 2.51. The van der Waals surface area contributed by atoms with Crippen molar-refractivity contribution in [1.82, 2.24) is 10.2 Å². The zero-order valence-corrected chi connectivity index (χ0v) is 13.1. The van der Waals surface area contributed by atoms with E-state index in [0.29, 0.717) is 10.9 Å². The van der Waals surface area contributed by atoms with E-state index in [4.69, 9.17) is 18.0 Å². The van der Waals surface area contributed by atoms with Crippen LogP contribution >= 0.6 is 12.2 Å². The Morgan fingerprint density at radius 2 is 2.11 bits per heavy atom. The third-order valence-electron chi connectivity index (χ3n) is 3.77. The van der Waals surface area contributed by atoms with Crippen molar-refractivity contribution >= 4 is 23.1 Å². The number of likely N-dealkylation sites (tertiary alicyclic amines) is 1. The largest absolute Gasteiger partial charge is 0.392 e. The van der Waals surface area contributed by atoms with Crippen LogP contribution in [0.3, 0.4) is 0 Å². The molecule has 0 spiro atoms. The zero-order valence-electron chi connectivity index (χ0n) is 12.3. The quantitative estimate of drug-likeness (QED) is 0.729. The number of carbonyl (C=O) groups is 1. The van der Waals surface area contributed by atoms with E-state index >= 15 is 0 Å². The van der Waals surface area contributed by atoms with Crippen molar-refractivity contribution in [3.63, 3.8) is 0 Å². The summed E-state index contributed by atoms with van der Waals surface area (Å²) in [5, 5.41) is 3.01. The van der Waals surface area contributed by atoms with Crippen molar-refractivity contribution in [3.8, 4) is 0 Å². The molecule has 1 heterocycles. The summed E-state index contributed by atoms with van der Waals surface area (Å²) in [6, 6.07) is -0.0754. The van der Waals surface area contributed by atoms with E-state index in [1.165, 1.54) is 0 Å². The third kappa shape index (κ3) is 5.07. The maximum absolute atomic E-state index is 12.2. The minimum Gasteiger partial charge on any atom is -0.392 e. The Morgan fingerprint density at radius 3 is 2.68 bits per heavy atom. The molecule has 19 heavy (non-hydrogen) atoms. The number of hydrogen-bond donors (Lipinski definition) is 2. The standard InChI is InChI=1S/C14H27N3OS/c1-10(2)7-8-16-14(18)11(3)17-9-5-4-6-12(17)13(15)19/h10-12H,4-9H2,1-3H3,(H2,15,19)(H,16,18). The molecule has 0 aromatic rings. The number of rotatable bonds is 6. The first kappa shape index (κ1) is 16.4. The Labute approximate surface area is 122 Å². The van der Waals surface area contributed by atoms with Gasteiger partial charge in [0, 0.05) is 6.54 Å². The number of carbonyl (C=O) groups excluding carboxylic acids is 1. The van der Waals surface area contributed by atoms with Crippen LogP contribution in [0.15, 0.2) is 0 Å². The highest BCUT2D eigenvalue weighted by Crippen LogP contribution is 2.20. The normalized spacial score (nSPS) is 22.2. The molecule has 1 saturated heterocycles. The number of piperidine rings is 1. The van der Waals surface area contributed by atoms with Gasteiger partial charge in [-0.3, -0.25) is 9.69 Å². The Morgan fingerprint density at radius 1 is 1.42 bits per heavy atom. The van der Waals surface area contributed by atoms with Crippen LogP contribution in [0.1, 0.15) is 46.5 Å². The van der Waals surface area contributed by atoms with E-state index in [-0.39, 0.29) is 18.0 Å². The molecule has 0 aromatic carbocycles. The van der Waals surface area contributed by atoms with Crippen molar-refractivity contribution in [2.24, 2.45) is 11.7 Å². The smallest absolute Gasteiger partial charge is 0.237 e. The molecule has 1 aliphatic rings. The van der Waals surface area contributed by atoms with Crippen LogP contribution in [0, 0.1) is 5.92 Å². The molecular weight excluding hydrogens is 258 g/mol. The molecule has 2 unspecified atom stereocenters. The second kappa shape index (κ2) is 7.80. The van der Waals surface area contributed by atoms with Gasteiger partial charge in [-0.05, 0) is 38.6 Å². The van der Waals surface area contributed by atoms with Crippen molar-refractivity contribution in [3.05, 3.63) is 0 Å². The monoisotopic (exact) mass is 285 g/mol. The first-order chi connectivity index (χ1) is 8.93. The average Bonchev–Trinajstić information content (AvgIpc) is 2.37. The summed E-state index contributed by atoms with van der Waals surface area (Å²) >= 11 is 5.12. The van der Waals surface area contributed by atoms with Crippen molar-refractivity contribution in [1.29, 1.82) is 0 Å². The van der Waals surface area contributed by atoms with Gasteiger partial charge >= 0.3 is 0 Å². The molecule has 110 valence electrons. The van der Waals surface area contributed by atoms with Gasteiger partial charge < -0.3 is 11.1 Å². The van der Waals surface area contributed by atoms with Gasteiger partial charge in [0.1, 0.15) is 0 Å². The lowest BCUT2D eigenvalue weighted by Gasteiger charge is -2.38. The van der Waals surface area contributed by atoms with Crippen LogP contribution in [0.5, 0.6) is 0 Å². The summed E-state index contributed by atoms with van der Waals surface area (Å²) in [5.41, 5.74) is 5.79. The minimum atomic E-state index is -0.154. The molecule has 1 rings (SSSR count). The van der Waals surface area contributed by atoms with Crippen molar-refractivity contribution in [2.75, 3.05) is 13.1 Å². The second-order valence-corrected chi connectivity index (χ2v) is 6.27. The van der Waals surface area contributed by atoms with E-state index < -0.39 is 0 Å². The van der Waals surface area contributed by atoms with Gasteiger partial charge in [0.2, 0.25) is 5.91 Å². The number of nitrogens with zero attached hydrogens (tertiary/aromatic N) is 1. The number of amides is 1. The lowest BCUT2D eigenvalue weighted by molar-refractivity contribution is -0.126. The van der Waals surface area contributed by atoms with Crippen LogP contribution in [-0.4, -0.2) is 41.0 Å². The highest BCUT2D eigenvalue weighted by atomic mass is 32.1. The summed E-state index contributed by atoms with van der Waals surface area (Å²) in [6.45, 7) is 7.90. The molecule has 1 aliphatic heterocycles. The summed E-state index contributed by atoms with van der Waals surface area (Å²) in [7, 11) is 0. The molecule has 4 nitrogen and oxygen atoms in total. The minimum absolute atomic E-state index is 0.0783. The number of thiocarbonyl (C=S) groups is 1. The van der Waals surface area contributed by atoms with E-state index in [2.05, 4.69) is 24.1 Å². The Hall–Kier alpha value is -0.680. The SMILES string of the molecule is CC(C)CCNC(=O)C(C)N1CCCCC1C(N)=S. The maximum Gasteiger partial charge on any atom is 0.237 e. The lowest BCUT2D eigenvalue weighted by atomic mass is 9.99. The van der Waals surface area contributed by atoms with Gasteiger partial charge in [0.25, 0.3) is 0 Å². The summed E-state index contributed by atoms with van der Waals surface area (Å²) < 4.78 is 0. The summed E-state index contributed by atoms with van der Waals surface area (Å²) in [6.07, 6.45) is 4.24. The molecule has 2 atom stereocenters. The molecule has 0 radical (unpaired) electrons. The van der Waals surface area contributed by atoms with Crippen LogP contribution < -0.4 is 11.1 Å². The van der Waals surface area contributed by atoms with E-state index in [1.807, 2.05) is 6.92 Å². The summed E-state index contributed by atoms with van der Waals surface area (Å²) in [4.78, 5) is 14.8. The van der Waals surface area contributed by atoms with Crippen LogP contribution in [0.2, 0.25) is 0 Å². The predicted molar refractivity (Wildman–Crippen MR) is 83.1 cm³/mol. The maximum atomic E-state index is 12.2. The molecule has 0 aromatic heterocycles. The number of hydrogen-bond acceptors (Lipinski definition) is 3. The van der Waals surface area contributed by atoms with Crippen LogP contribution in [0.4, 0.5) is 0 Å². The predicted octanol–water partition coefficient (Wildman–Crippen LogP) is 1.68. The molecular formula is C14H27N3OS. The van der Waals surface area contributed by atoms with Crippen molar-refractivity contribution in [2.45, 2.75) is 58.5 Å². The Bertz CT molecular complexity index is 320. The third-order valence-corrected chi connectivity index (χ3v) is 4.04. The number of nitrogens with one attached hydrogen (secondary N) is 1. The molecule has 0 bridgehead atoms.